The van der Waals surface area contributed by atoms with Gasteiger partial charge in [-0.15, -0.1) is 0 Å². The van der Waals surface area contributed by atoms with Gasteiger partial charge in [0.2, 0.25) is 0 Å². The van der Waals surface area contributed by atoms with Crippen LogP contribution in [-0.4, -0.2) is 24.5 Å². The molecule has 0 bridgehead atoms. The number of aryl methyl sites for hydroxylation is 1. The average molecular weight is 218 g/mol. The number of nitrogens with two attached hydrogens (primary N) is 1. The number of nitriles is 2. The molecule has 1 aromatic heterocycles. The second-order valence-corrected chi connectivity index (χ2v) is 3.42. The third-order valence-electron chi connectivity index (χ3n) is 2.30. The van der Waals surface area contributed by atoms with Crippen molar-refractivity contribution in [3.05, 3.63) is 23.7 Å². The number of hydrogen-bond acceptors (Lipinski definition) is 5. The third-order valence-corrected chi connectivity index (χ3v) is 2.30. The first-order valence-corrected chi connectivity index (χ1v) is 4.97. The highest BCUT2D eigenvalue weighted by Crippen LogP contribution is 2.21. The van der Waals surface area contributed by atoms with Crippen LogP contribution in [-0.2, 0) is 0 Å². The lowest BCUT2D eigenvalue weighted by atomic mass is 10.2. The molecule has 0 saturated carbocycles. The van der Waals surface area contributed by atoms with Gasteiger partial charge in [-0.25, -0.2) is 0 Å². The van der Waals surface area contributed by atoms with Gasteiger partial charge in [0.15, 0.2) is 0 Å². The van der Waals surface area contributed by atoms with E-state index in [1.54, 1.807) is 4.90 Å². The standard InChI is InChI=1S/C11H14N4O/c1-9-2-3-11(16-9)10(8-14)15(6-4-12)7-5-13/h2-3,10H,6-8,14H2,1H3. The van der Waals surface area contributed by atoms with Gasteiger partial charge in [-0.2, -0.15) is 10.5 Å². The molecule has 0 radical (unpaired) electrons. The van der Waals surface area contributed by atoms with Gasteiger partial charge in [-0.3, -0.25) is 4.90 Å². The molecule has 0 aliphatic heterocycles. The lowest BCUT2D eigenvalue weighted by molar-refractivity contribution is 0.221. The summed E-state index contributed by atoms with van der Waals surface area (Å²) in [6, 6.07) is 7.50. The van der Waals surface area contributed by atoms with E-state index < -0.39 is 0 Å². The Kier molecular flexibility index (Phi) is 4.53. The molecule has 1 rings (SSSR count). The molecule has 0 aromatic carbocycles. The minimum atomic E-state index is -0.215. The van der Waals surface area contributed by atoms with Gasteiger partial charge < -0.3 is 10.2 Å². The molecule has 1 atom stereocenters. The van der Waals surface area contributed by atoms with Crippen molar-refractivity contribution in [2.24, 2.45) is 5.73 Å². The topological polar surface area (TPSA) is 90.0 Å². The van der Waals surface area contributed by atoms with Crippen molar-refractivity contribution in [1.82, 2.24) is 4.90 Å². The molecule has 1 heterocycles. The Bertz CT molecular complexity index is 396. The number of hydrogen-bond donors (Lipinski definition) is 1. The number of furan rings is 1. The van der Waals surface area contributed by atoms with Crippen LogP contribution in [0.4, 0.5) is 0 Å². The smallest absolute Gasteiger partial charge is 0.122 e. The highest BCUT2D eigenvalue weighted by atomic mass is 16.3. The van der Waals surface area contributed by atoms with Crippen LogP contribution in [0.2, 0.25) is 0 Å². The van der Waals surface area contributed by atoms with E-state index >= 15 is 0 Å². The predicted molar refractivity (Wildman–Crippen MR) is 58.0 cm³/mol. The highest BCUT2D eigenvalue weighted by Gasteiger charge is 2.21. The maximum absolute atomic E-state index is 8.69. The van der Waals surface area contributed by atoms with Crippen LogP contribution >= 0.6 is 0 Å². The van der Waals surface area contributed by atoms with Gasteiger partial charge in [-0.05, 0) is 19.1 Å². The van der Waals surface area contributed by atoms with Crippen molar-refractivity contribution in [2.45, 2.75) is 13.0 Å². The summed E-state index contributed by atoms with van der Waals surface area (Å²) in [7, 11) is 0. The van der Waals surface area contributed by atoms with Crippen LogP contribution in [0.15, 0.2) is 16.5 Å². The van der Waals surface area contributed by atoms with Gasteiger partial charge in [0.1, 0.15) is 11.5 Å². The first-order valence-electron chi connectivity index (χ1n) is 4.97. The van der Waals surface area contributed by atoms with Crippen LogP contribution in [0.1, 0.15) is 17.6 Å². The van der Waals surface area contributed by atoms with E-state index in [0.29, 0.717) is 12.3 Å². The molecule has 0 aliphatic rings. The van der Waals surface area contributed by atoms with Crippen LogP contribution < -0.4 is 5.73 Å². The zero-order chi connectivity index (χ0) is 12.0. The Morgan fingerprint density at radius 3 is 2.38 bits per heavy atom. The normalized spacial score (nSPS) is 12.1. The Hall–Kier alpha value is -1.82. The molecule has 1 unspecified atom stereocenters. The molecule has 2 N–H and O–H groups in total. The van der Waals surface area contributed by atoms with E-state index in [9.17, 15) is 0 Å². The van der Waals surface area contributed by atoms with Crippen molar-refractivity contribution in [1.29, 1.82) is 10.5 Å². The minimum Gasteiger partial charge on any atom is -0.465 e. The van der Waals surface area contributed by atoms with E-state index in [4.69, 9.17) is 20.7 Å². The summed E-state index contributed by atoms with van der Waals surface area (Å²) in [5, 5.41) is 17.4. The number of nitrogens with zero attached hydrogens (tertiary/aromatic N) is 3. The first-order chi connectivity index (χ1) is 7.72. The van der Waals surface area contributed by atoms with E-state index in [2.05, 4.69) is 0 Å². The molecule has 0 amide bonds. The van der Waals surface area contributed by atoms with Gasteiger partial charge in [0.05, 0.1) is 31.3 Å². The lowest BCUT2D eigenvalue weighted by Crippen LogP contribution is -2.34. The second-order valence-electron chi connectivity index (χ2n) is 3.42. The van der Waals surface area contributed by atoms with Crippen LogP contribution in [0.5, 0.6) is 0 Å². The van der Waals surface area contributed by atoms with Crippen LogP contribution in [0.25, 0.3) is 0 Å². The molecule has 0 fully saturated rings. The van der Waals surface area contributed by atoms with Crippen LogP contribution in [0.3, 0.4) is 0 Å². The first kappa shape index (κ1) is 12.3. The molecule has 84 valence electrons. The lowest BCUT2D eigenvalue weighted by Gasteiger charge is -2.24. The molecule has 0 spiro atoms. The summed E-state index contributed by atoms with van der Waals surface area (Å²) in [5.74, 6) is 1.49. The van der Waals surface area contributed by atoms with Crippen molar-refractivity contribution in [3.63, 3.8) is 0 Å². The van der Waals surface area contributed by atoms with Gasteiger partial charge >= 0.3 is 0 Å². The Balaban J connectivity index is 2.87. The number of rotatable bonds is 5. The summed E-state index contributed by atoms with van der Waals surface area (Å²) < 4.78 is 5.47. The van der Waals surface area contributed by atoms with E-state index in [1.807, 2.05) is 31.2 Å². The van der Waals surface area contributed by atoms with E-state index in [1.165, 1.54) is 0 Å². The van der Waals surface area contributed by atoms with Crippen molar-refractivity contribution < 1.29 is 4.42 Å². The maximum atomic E-state index is 8.69. The molecule has 5 nitrogen and oxygen atoms in total. The molecule has 5 heteroatoms. The Labute approximate surface area is 94.7 Å². The Morgan fingerprint density at radius 1 is 1.38 bits per heavy atom. The van der Waals surface area contributed by atoms with Crippen molar-refractivity contribution >= 4 is 0 Å². The van der Waals surface area contributed by atoms with Gasteiger partial charge in [0, 0.05) is 6.54 Å². The van der Waals surface area contributed by atoms with Crippen LogP contribution in [0, 0.1) is 29.6 Å². The highest BCUT2D eigenvalue weighted by molar-refractivity contribution is 5.11. The molecule has 16 heavy (non-hydrogen) atoms. The summed E-state index contributed by atoms with van der Waals surface area (Å²) in [6.45, 7) is 2.48. The maximum Gasteiger partial charge on any atom is 0.122 e. The summed E-state index contributed by atoms with van der Waals surface area (Å²) in [6.07, 6.45) is 0. The SMILES string of the molecule is Cc1ccc(C(CN)N(CC#N)CC#N)o1. The zero-order valence-corrected chi connectivity index (χ0v) is 9.18. The monoisotopic (exact) mass is 218 g/mol. The van der Waals surface area contributed by atoms with E-state index in [0.717, 1.165) is 5.76 Å². The van der Waals surface area contributed by atoms with E-state index in [-0.39, 0.29) is 19.1 Å². The zero-order valence-electron chi connectivity index (χ0n) is 9.18. The fraction of sp³-hybridized carbons (Fsp3) is 0.455. The summed E-state index contributed by atoms with van der Waals surface area (Å²) >= 11 is 0. The Morgan fingerprint density at radius 2 is 2.00 bits per heavy atom. The summed E-state index contributed by atoms with van der Waals surface area (Å²) in [4.78, 5) is 1.69. The van der Waals surface area contributed by atoms with Gasteiger partial charge in [-0.1, -0.05) is 0 Å². The third kappa shape index (κ3) is 2.83. The molecular weight excluding hydrogens is 204 g/mol. The fourth-order valence-electron chi connectivity index (χ4n) is 1.54. The summed E-state index contributed by atoms with van der Waals surface area (Å²) in [5.41, 5.74) is 5.66. The molecule has 1 aromatic rings. The largest absolute Gasteiger partial charge is 0.465 e. The minimum absolute atomic E-state index is 0.162. The fourth-order valence-corrected chi connectivity index (χ4v) is 1.54. The quantitative estimate of drug-likeness (QED) is 0.743. The van der Waals surface area contributed by atoms with Gasteiger partial charge in [0.25, 0.3) is 0 Å². The molecular formula is C11H14N4O. The molecule has 0 aliphatic carbocycles. The van der Waals surface area contributed by atoms with Crippen molar-refractivity contribution in [3.8, 4) is 12.1 Å². The van der Waals surface area contributed by atoms with Crippen molar-refractivity contribution in [2.75, 3.05) is 19.6 Å². The predicted octanol–water partition coefficient (Wildman–Crippen LogP) is 0.937. The molecule has 0 saturated heterocycles. The average Bonchev–Trinajstić information content (AvgIpc) is 2.67. The second kappa shape index (κ2) is 5.92.